The Labute approximate surface area is 125 Å². The minimum atomic E-state index is -4.84. The minimum absolute atomic E-state index is 0.222. The fourth-order valence-corrected chi connectivity index (χ4v) is 1.79. The number of carbonyl (C=O) groups is 1. The van der Waals surface area contributed by atoms with Crippen LogP contribution < -0.4 is 5.32 Å². The smallest absolute Gasteiger partial charge is 0.322 e. The van der Waals surface area contributed by atoms with Gasteiger partial charge in [0.15, 0.2) is 5.69 Å². The molecule has 2 rings (SSSR count). The number of benzene rings is 1. The summed E-state index contributed by atoms with van der Waals surface area (Å²) in [5.74, 6) is -2.31. The van der Waals surface area contributed by atoms with E-state index in [4.69, 9.17) is 0 Å². The Hall–Kier alpha value is -2.98. The van der Waals surface area contributed by atoms with Crippen LogP contribution in [0.5, 0.6) is 0 Å². The molecular formula is C12H8F4N4O3. The monoisotopic (exact) mass is 332 g/mol. The van der Waals surface area contributed by atoms with Crippen LogP contribution >= 0.6 is 0 Å². The summed E-state index contributed by atoms with van der Waals surface area (Å²) < 4.78 is 52.4. The lowest BCUT2D eigenvalue weighted by Gasteiger charge is -2.07. The molecule has 1 amide bonds. The van der Waals surface area contributed by atoms with Gasteiger partial charge in [0.25, 0.3) is 5.91 Å². The summed E-state index contributed by atoms with van der Waals surface area (Å²) in [7, 11) is 1.20. The molecule has 11 heteroatoms. The molecule has 0 saturated carbocycles. The number of nitro groups is 1. The van der Waals surface area contributed by atoms with Gasteiger partial charge in [-0.05, 0) is 12.1 Å². The van der Waals surface area contributed by atoms with Crippen LogP contribution in [-0.4, -0.2) is 20.6 Å². The zero-order valence-corrected chi connectivity index (χ0v) is 11.4. The second-order valence-corrected chi connectivity index (χ2v) is 4.44. The molecule has 0 bridgehead atoms. The highest BCUT2D eigenvalue weighted by atomic mass is 19.4. The molecule has 1 aromatic carbocycles. The number of aryl methyl sites for hydroxylation is 1. The number of anilines is 1. The van der Waals surface area contributed by atoms with E-state index in [1.165, 1.54) is 7.05 Å². The maximum absolute atomic E-state index is 13.2. The van der Waals surface area contributed by atoms with Gasteiger partial charge in [0.1, 0.15) is 0 Å². The lowest BCUT2D eigenvalue weighted by molar-refractivity contribution is -0.387. The average molecular weight is 332 g/mol. The molecule has 0 fully saturated rings. The molecule has 0 saturated heterocycles. The van der Waals surface area contributed by atoms with Crippen LogP contribution in [-0.2, 0) is 13.2 Å². The fourth-order valence-electron chi connectivity index (χ4n) is 1.79. The van der Waals surface area contributed by atoms with Gasteiger partial charge in [-0.3, -0.25) is 19.6 Å². The minimum Gasteiger partial charge on any atom is -0.322 e. The summed E-state index contributed by atoms with van der Waals surface area (Å²) >= 11 is 0. The third-order valence-corrected chi connectivity index (χ3v) is 2.74. The quantitative estimate of drug-likeness (QED) is 0.531. The fraction of sp³-hybridized carbons (Fsp3) is 0.167. The Morgan fingerprint density at radius 1 is 1.39 bits per heavy atom. The van der Waals surface area contributed by atoms with Crippen LogP contribution in [0.2, 0.25) is 0 Å². The zero-order chi connectivity index (χ0) is 17.4. The SMILES string of the molecule is Cn1cc(C(=O)Nc2ccc(F)c([N+](=O)[O-])c2)c(C(F)(F)F)n1. The third-order valence-electron chi connectivity index (χ3n) is 2.74. The molecule has 23 heavy (non-hydrogen) atoms. The topological polar surface area (TPSA) is 90.1 Å². The molecule has 2 aromatic rings. The van der Waals surface area contributed by atoms with Crippen molar-refractivity contribution in [2.24, 2.45) is 7.05 Å². The Balaban J connectivity index is 2.34. The highest BCUT2D eigenvalue weighted by Gasteiger charge is 2.39. The highest BCUT2D eigenvalue weighted by molar-refractivity contribution is 6.05. The number of carbonyl (C=O) groups excluding carboxylic acids is 1. The van der Waals surface area contributed by atoms with E-state index >= 15 is 0 Å². The van der Waals surface area contributed by atoms with Crippen LogP contribution in [0.1, 0.15) is 16.1 Å². The van der Waals surface area contributed by atoms with Gasteiger partial charge in [0, 0.05) is 25.0 Å². The molecule has 0 aliphatic rings. The first kappa shape index (κ1) is 16.4. The van der Waals surface area contributed by atoms with Gasteiger partial charge in [-0.2, -0.15) is 22.7 Å². The van der Waals surface area contributed by atoms with Crippen molar-refractivity contribution in [3.8, 4) is 0 Å². The largest absolute Gasteiger partial charge is 0.435 e. The van der Waals surface area contributed by atoms with E-state index in [0.717, 1.165) is 23.0 Å². The van der Waals surface area contributed by atoms with E-state index in [1.807, 2.05) is 5.32 Å². The molecule has 0 unspecified atom stereocenters. The Bertz CT molecular complexity index is 785. The number of hydrogen-bond donors (Lipinski definition) is 1. The summed E-state index contributed by atoms with van der Waals surface area (Å²) in [6, 6.07) is 2.42. The van der Waals surface area contributed by atoms with E-state index < -0.39 is 39.8 Å². The lowest BCUT2D eigenvalue weighted by atomic mass is 10.2. The molecule has 1 N–H and O–H groups in total. The van der Waals surface area contributed by atoms with Crippen LogP contribution in [0.25, 0.3) is 0 Å². The normalized spacial score (nSPS) is 11.3. The number of hydrogen-bond acceptors (Lipinski definition) is 4. The van der Waals surface area contributed by atoms with Crippen LogP contribution in [0.15, 0.2) is 24.4 Å². The molecule has 0 spiro atoms. The first-order valence-electron chi connectivity index (χ1n) is 5.95. The van der Waals surface area contributed by atoms with Crippen LogP contribution in [0.4, 0.5) is 28.9 Å². The Morgan fingerprint density at radius 3 is 2.61 bits per heavy atom. The standard InChI is InChI=1S/C12H8F4N4O3/c1-19-5-7(10(18-19)12(14,15)16)11(21)17-6-2-3-8(13)9(4-6)20(22)23/h2-5H,1H3,(H,17,21). The average Bonchev–Trinajstić information content (AvgIpc) is 2.83. The summed E-state index contributed by atoms with van der Waals surface area (Å²) in [5, 5.41) is 15.8. The van der Waals surface area contributed by atoms with Crippen molar-refractivity contribution < 1.29 is 27.3 Å². The van der Waals surface area contributed by atoms with Crippen molar-refractivity contribution in [1.29, 1.82) is 0 Å². The molecule has 0 atom stereocenters. The first-order chi connectivity index (χ1) is 10.6. The number of nitrogens with zero attached hydrogens (tertiary/aromatic N) is 3. The van der Waals surface area contributed by atoms with Gasteiger partial charge in [-0.1, -0.05) is 0 Å². The van der Waals surface area contributed by atoms with Crippen molar-refractivity contribution >= 4 is 17.3 Å². The maximum atomic E-state index is 13.2. The van der Waals surface area contributed by atoms with Crippen LogP contribution in [0, 0.1) is 15.9 Å². The molecule has 0 radical (unpaired) electrons. The van der Waals surface area contributed by atoms with E-state index in [9.17, 15) is 32.5 Å². The summed E-state index contributed by atoms with van der Waals surface area (Å²) in [6.07, 6.45) is -3.99. The van der Waals surface area contributed by atoms with Gasteiger partial charge in [-0.15, -0.1) is 0 Å². The zero-order valence-electron chi connectivity index (χ0n) is 11.4. The van der Waals surface area contributed by atoms with E-state index in [-0.39, 0.29) is 5.69 Å². The first-order valence-corrected chi connectivity index (χ1v) is 5.95. The van der Waals surface area contributed by atoms with Gasteiger partial charge in [0.05, 0.1) is 10.5 Å². The van der Waals surface area contributed by atoms with Gasteiger partial charge in [0.2, 0.25) is 5.82 Å². The predicted octanol–water partition coefficient (Wildman–Crippen LogP) is 2.74. The molecule has 0 aliphatic carbocycles. The Kier molecular flexibility index (Phi) is 4.04. The number of aromatic nitrogens is 2. The summed E-state index contributed by atoms with van der Waals surface area (Å²) in [4.78, 5) is 21.5. The number of amides is 1. The van der Waals surface area contributed by atoms with Crippen molar-refractivity contribution in [1.82, 2.24) is 9.78 Å². The highest BCUT2D eigenvalue weighted by Crippen LogP contribution is 2.31. The van der Waals surface area contributed by atoms with Gasteiger partial charge >= 0.3 is 11.9 Å². The molecule has 0 aliphatic heterocycles. The molecule has 122 valence electrons. The van der Waals surface area contributed by atoms with Crippen LogP contribution in [0.3, 0.4) is 0 Å². The number of alkyl halides is 3. The van der Waals surface area contributed by atoms with Crippen molar-refractivity contribution in [2.75, 3.05) is 5.32 Å². The third kappa shape index (κ3) is 3.44. The molecular weight excluding hydrogens is 324 g/mol. The van der Waals surface area contributed by atoms with Gasteiger partial charge in [-0.25, -0.2) is 0 Å². The number of nitrogens with one attached hydrogen (secondary N) is 1. The number of nitro benzene ring substituents is 1. The van der Waals surface area contributed by atoms with Crippen molar-refractivity contribution in [3.05, 3.63) is 51.6 Å². The number of rotatable bonds is 3. The Morgan fingerprint density at radius 2 is 2.04 bits per heavy atom. The summed E-state index contributed by atoms with van der Waals surface area (Å²) in [6.45, 7) is 0. The maximum Gasteiger partial charge on any atom is 0.435 e. The van der Waals surface area contributed by atoms with Gasteiger partial charge < -0.3 is 5.32 Å². The van der Waals surface area contributed by atoms with E-state index in [0.29, 0.717) is 6.07 Å². The van der Waals surface area contributed by atoms with Crippen molar-refractivity contribution in [3.63, 3.8) is 0 Å². The number of halogens is 4. The molecule has 7 nitrogen and oxygen atoms in total. The molecule has 1 aromatic heterocycles. The summed E-state index contributed by atoms with van der Waals surface area (Å²) in [5.41, 5.74) is -3.29. The second kappa shape index (κ2) is 5.66. The second-order valence-electron chi connectivity index (χ2n) is 4.44. The lowest BCUT2D eigenvalue weighted by Crippen LogP contribution is -2.18. The predicted molar refractivity (Wildman–Crippen MR) is 69.2 cm³/mol. The van der Waals surface area contributed by atoms with E-state index in [1.54, 1.807) is 0 Å². The molecule has 1 heterocycles. The van der Waals surface area contributed by atoms with Crippen molar-refractivity contribution in [2.45, 2.75) is 6.18 Å². The van der Waals surface area contributed by atoms with E-state index in [2.05, 4.69) is 5.10 Å².